The lowest BCUT2D eigenvalue weighted by atomic mass is 10.2. The van der Waals surface area contributed by atoms with Crippen LogP contribution in [0, 0.1) is 11.6 Å². The van der Waals surface area contributed by atoms with Gasteiger partial charge in [-0.3, -0.25) is 9.59 Å². The summed E-state index contributed by atoms with van der Waals surface area (Å²) >= 11 is 2.50. The van der Waals surface area contributed by atoms with Gasteiger partial charge in [-0.25, -0.2) is 13.8 Å². The molecule has 0 saturated heterocycles. The van der Waals surface area contributed by atoms with Crippen molar-refractivity contribution < 1.29 is 18.4 Å². The second kappa shape index (κ2) is 8.15. The van der Waals surface area contributed by atoms with Gasteiger partial charge in [-0.05, 0) is 29.6 Å². The van der Waals surface area contributed by atoms with E-state index in [1.54, 1.807) is 22.9 Å². The summed E-state index contributed by atoms with van der Waals surface area (Å²) in [6.45, 7) is 0.198. The molecule has 9 heteroatoms. The highest BCUT2D eigenvalue weighted by molar-refractivity contribution is 7.14. The predicted octanol–water partition coefficient (Wildman–Crippen LogP) is 3.91. The van der Waals surface area contributed by atoms with Gasteiger partial charge in [0, 0.05) is 23.9 Å². The van der Waals surface area contributed by atoms with Crippen LogP contribution in [-0.4, -0.2) is 23.3 Å². The van der Waals surface area contributed by atoms with E-state index in [1.165, 1.54) is 28.7 Å². The van der Waals surface area contributed by atoms with Crippen molar-refractivity contribution in [2.75, 3.05) is 11.9 Å². The molecule has 0 bridgehead atoms. The Kier molecular flexibility index (Phi) is 5.69. The van der Waals surface area contributed by atoms with Crippen molar-refractivity contribution in [1.29, 1.82) is 0 Å². The number of anilines is 1. The number of aromatic nitrogens is 1. The third-order valence-electron chi connectivity index (χ3n) is 3.35. The summed E-state index contributed by atoms with van der Waals surface area (Å²) in [4.78, 5) is 28.5. The van der Waals surface area contributed by atoms with E-state index in [0.29, 0.717) is 21.3 Å². The molecule has 3 rings (SSSR count). The molecular weight excluding hydrogens is 380 g/mol. The molecule has 5 nitrogen and oxygen atoms in total. The van der Waals surface area contributed by atoms with Crippen LogP contribution < -0.4 is 10.6 Å². The summed E-state index contributed by atoms with van der Waals surface area (Å²) < 4.78 is 26.3. The van der Waals surface area contributed by atoms with Crippen LogP contribution in [0.2, 0.25) is 0 Å². The Hall–Kier alpha value is -2.65. The molecule has 2 amide bonds. The van der Waals surface area contributed by atoms with Gasteiger partial charge in [0.2, 0.25) is 5.91 Å². The Morgan fingerprint density at radius 3 is 2.69 bits per heavy atom. The minimum absolute atomic E-state index is 0.0944. The van der Waals surface area contributed by atoms with Crippen molar-refractivity contribution in [3.63, 3.8) is 0 Å². The molecule has 0 unspecified atom stereocenters. The van der Waals surface area contributed by atoms with Gasteiger partial charge in [-0.2, -0.15) is 0 Å². The van der Waals surface area contributed by atoms with E-state index in [9.17, 15) is 18.4 Å². The maximum absolute atomic E-state index is 13.3. The second-order valence-electron chi connectivity index (χ2n) is 5.20. The normalized spacial score (nSPS) is 10.5. The molecule has 26 heavy (non-hydrogen) atoms. The molecule has 2 aromatic heterocycles. The fourth-order valence-electron chi connectivity index (χ4n) is 2.09. The molecule has 0 spiro atoms. The fraction of sp³-hybridized carbons (Fsp3) is 0.118. The number of halogens is 2. The SMILES string of the molecule is O=C(CCNC(=O)c1cccs1)Nc1nc(-c2ccc(F)c(F)c2)cs1. The molecule has 0 radical (unpaired) electrons. The van der Waals surface area contributed by atoms with Crippen molar-refractivity contribution in [2.45, 2.75) is 6.42 Å². The maximum Gasteiger partial charge on any atom is 0.261 e. The Labute approximate surface area is 155 Å². The summed E-state index contributed by atoms with van der Waals surface area (Å²) in [6.07, 6.45) is 0.0944. The van der Waals surface area contributed by atoms with Gasteiger partial charge in [0.1, 0.15) is 0 Å². The predicted molar refractivity (Wildman–Crippen MR) is 97.4 cm³/mol. The molecule has 2 heterocycles. The molecule has 0 aliphatic heterocycles. The van der Waals surface area contributed by atoms with Crippen LogP contribution in [0.5, 0.6) is 0 Å². The van der Waals surface area contributed by atoms with Crippen molar-refractivity contribution >= 4 is 39.6 Å². The molecule has 0 aliphatic rings. The van der Waals surface area contributed by atoms with Crippen molar-refractivity contribution in [3.05, 3.63) is 57.6 Å². The van der Waals surface area contributed by atoms with Gasteiger partial charge < -0.3 is 10.6 Å². The number of amides is 2. The van der Waals surface area contributed by atoms with Gasteiger partial charge in [0.05, 0.1) is 10.6 Å². The molecule has 2 N–H and O–H groups in total. The van der Waals surface area contributed by atoms with Gasteiger partial charge in [0.25, 0.3) is 5.91 Å². The van der Waals surface area contributed by atoms with Gasteiger partial charge >= 0.3 is 0 Å². The first-order valence-corrected chi connectivity index (χ1v) is 9.31. The average molecular weight is 393 g/mol. The van der Waals surface area contributed by atoms with Crippen LogP contribution >= 0.6 is 22.7 Å². The number of carbonyl (C=O) groups is 2. The Morgan fingerprint density at radius 1 is 1.12 bits per heavy atom. The average Bonchev–Trinajstić information content (AvgIpc) is 3.29. The Morgan fingerprint density at radius 2 is 1.96 bits per heavy atom. The standard InChI is InChI=1S/C17H13F2N3O2S2/c18-11-4-3-10(8-12(11)19)13-9-26-17(21-13)22-15(23)5-6-20-16(24)14-2-1-7-25-14/h1-4,7-9H,5-6H2,(H,20,24)(H,21,22,23). The number of hydrogen-bond donors (Lipinski definition) is 2. The zero-order valence-electron chi connectivity index (χ0n) is 13.3. The lowest BCUT2D eigenvalue weighted by Gasteiger charge is -2.04. The van der Waals surface area contributed by atoms with E-state index in [2.05, 4.69) is 15.6 Å². The quantitative estimate of drug-likeness (QED) is 0.667. The van der Waals surface area contributed by atoms with Crippen molar-refractivity contribution in [2.24, 2.45) is 0 Å². The van der Waals surface area contributed by atoms with E-state index >= 15 is 0 Å². The highest BCUT2D eigenvalue weighted by Gasteiger charge is 2.11. The third-order valence-corrected chi connectivity index (χ3v) is 4.97. The van der Waals surface area contributed by atoms with Gasteiger partial charge in [-0.1, -0.05) is 6.07 Å². The van der Waals surface area contributed by atoms with E-state index < -0.39 is 11.6 Å². The highest BCUT2D eigenvalue weighted by Crippen LogP contribution is 2.26. The lowest BCUT2D eigenvalue weighted by molar-refractivity contribution is -0.116. The first-order valence-electron chi connectivity index (χ1n) is 7.55. The number of thiazole rings is 1. The number of rotatable bonds is 6. The lowest BCUT2D eigenvalue weighted by Crippen LogP contribution is -2.27. The molecule has 0 aliphatic carbocycles. The number of nitrogens with one attached hydrogen (secondary N) is 2. The molecule has 0 fully saturated rings. The molecule has 1 aromatic carbocycles. The van der Waals surface area contributed by atoms with Crippen LogP contribution in [0.3, 0.4) is 0 Å². The molecule has 134 valence electrons. The molecule has 0 atom stereocenters. The summed E-state index contributed by atoms with van der Waals surface area (Å²) in [6, 6.07) is 6.97. The number of nitrogens with zero attached hydrogens (tertiary/aromatic N) is 1. The number of carbonyl (C=O) groups excluding carboxylic acids is 2. The topological polar surface area (TPSA) is 71.1 Å². The first kappa shape index (κ1) is 18.2. The molecule has 3 aromatic rings. The minimum atomic E-state index is -0.956. The van der Waals surface area contributed by atoms with Crippen LogP contribution in [0.1, 0.15) is 16.1 Å². The largest absolute Gasteiger partial charge is 0.351 e. The van der Waals surface area contributed by atoms with Crippen LogP contribution in [0.25, 0.3) is 11.3 Å². The maximum atomic E-state index is 13.3. The third kappa shape index (κ3) is 4.50. The van der Waals surface area contributed by atoms with Crippen molar-refractivity contribution in [1.82, 2.24) is 10.3 Å². The second-order valence-corrected chi connectivity index (χ2v) is 7.00. The van der Waals surface area contributed by atoms with Gasteiger partial charge in [-0.15, -0.1) is 22.7 Å². The molecular formula is C17H13F2N3O2S2. The summed E-state index contributed by atoms with van der Waals surface area (Å²) in [5.74, 6) is -2.41. The Bertz CT molecular complexity index is 926. The smallest absolute Gasteiger partial charge is 0.261 e. The van der Waals surface area contributed by atoms with Crippen LogP contribution in [-0.2, 0) is 4.79 Å². The summed E-state index contributed by atoms with van der Waals surface area (Å²) in [7, 11) is 0. The minimum Gasteiger partial charge on any atom is -0.351 e. The number of benzene rings is 1. The van der Waals surface area contributed by atoms with Gasteiger partial charge in [0.15, 0.2) is 16.8 Å². The zero-order valence-corrected chi connectivity index (χ0v) is 14.9. The van der Waals surface area contributed by atoms with E-state index in [-0.39, 0.29) is 24.8 Å². The fourth-order valence-corrected chi connectivity index (χ4v) is 3.46. The van der Waals surface area contributed by atoms with E-state index in [4.69, 9.17) is 0 Å². The van der Waals surface area contributed by atoms with E-state index in [0.717, 1.165) is 12.1 Å². The highest BCUT2D eigenvalue weighted by atomic mass is 32.1. The monoisotopic (exact) mass is 393 g/mol. The van der Waals surface area contributed by atoms with Crippen LogP contribution in [0.15, 0.2) is 41.1 Å². The number of hydrogen-bond acceptors (Lipinski definition) is 5. The van der Waals surface area contributed by atoms with E-state index in [1.807, 2.05) is 0 Å². The summed E-state index contributed by atoms with van der Waals surface area (Å²) in [5, 5.41) is 9.07. The van der Waals surface area contributed by atoms with Crippen LogP contribution in [0.4, 0.5) is 13.9 Å². The first-order chi connectivity index (χ1) is 12.5. The Balaban J connectivity index is 1.51. The molecule has 0 saturated carbocycles. The summed E-state index contributed by atoms with van der Waals surface area (Å²) in [5.41, 5.74) is 0.860. The van der Waals surface area contributed by atoms with Crippen molar-refractivity contribution in [3.8, 4) is 11.3 Å². The number of thiophene rings is 1. The zero-order chi connectivity index (χ0) is 18.5.